The standard InChI is InChI=1S/C13H16N2/c1-10(2)14-12(4)15-11(3)13-8-6-5-7-9-13/h5-9H,1,3H2,2,4H3,(H,14,15). The van der Waals surface area contributed by atoms with Crippen LogP contribution in [0.1, 0.15) is 19.4 Å². The van der Waals surface area contributed by atoms with Gasteiger partial charge in [0.15, 0.2) is 0 Å². The molecule has 0 amide bonds. The fraction of sp³-hybridized carbons (Fsp3) is 0.154. The van der Waals surface area contributed by atoms with E-state index in [1.807, 2.05) is 44.2 Å². The van der Waals surface area contributed by atoms with Gasteiger partial charge in [-0.2, -0.15) is 0 Å². The molecule has 15 heavy (non-hydrogen) atoms. The third kappa shape index (κ3) is 3.81. The lowest BCUT2D eigenvalue weighted by Gasteiger charge is -2.05. The Morgan fingerprint density at radius 1 is 1.13 bits per heavy atom. The summed E-state index contributed by atoms with van der Waals surface area (Å²) in [5.74, 6) is 0.802. The summed E-state index contributed by atoms with van der Waals surface area (Å²) in [6, 6.07) is 9.88. The van der Waals surface area contributed by atoms with E-state index in [0.717, 1.165) is 22.8 Å². The highest BCUT2D eigenvalue weighted by molar-refractivity contribution is 5.86. The number of aliphatic imine (C=N–C) groups is 1. The van der Waals surface area contributed by atoms with E-state index in [0.29, 0.717) is 0 Å². The van der Waals surface area contributed by atoms with Crippen LogP contribution in [-0.2, 0) is 0 Å². The second kappa shape index (κ2) is 5.15. The monoisotopic (exact) mass is 200 g/mol. The third-order valence-corrected chi connectivity index (χ3v) is 1.80. The van der Waals surface area contributed by atoms with Crippen LogP contribution in [-0.4, -0.2) is 5.84 Å². The molecular weight excluding hydrogens is 184 g/mol. The van der Waals surface area contributed by atoms with E-state index in [1.54, 1.807) is 0 Å². The quantitative estimate of drug-likeness (QED) is 0.588. The number of nitrogens with zero attached hydrogens (tertiary/aromatic N) is 1. The Morgan fingerprint density at radius 2 is 1.73 bits per heavy atom. The van der Waals surface area contributed by atoms with Crippen molar-refractivity contribution < 1.29 is 0 Å². The van der Waals surface area contributed by atoms with E-state index < -0.39 is 0 Å². The predicted octanol–water partition coefficient (Wildman–Crippen LogP) is 3.20. The second-order valence-electron chi connectivity index (χ2n) is 3.42. The maximum absolute atomic E-state index is 4.34. The van der Waals surface area contributed by atoms with Crippen molar-refractivity contribution in [2.75, 3.05) is 0 Å². The van der Waals surface area contributed by atoms with Crippen molar-refractivity contribution in [3.05, 3.63) is 54.8 Å². The van der Waals surface area contributed by atoms with Crippen LogP contribution >= 0.6 is 0 Å². The van der Waals surface area contributed by atoms with Crippen molar-refractivity contribution >= 4 is 11.5 Å². The number of allylic oxidation sites excluding steroid dienone is 1. The van der Waals surface area contributed by atoms with Gasteiger partial charge in [-0.1, -0.05) is 43.5 Å². The molecule has 0 saturated carbocycles. The Balaban J connectivity index is 2.75. The third-order valence-electron chi connectivity index (χ3n) is 1.80. The van der Waals surface area contributed by atoms with Gasteiger partial charge in [-0.15, -0.1) is 0 Å². The molecule has 0 spiro atoms. The first-order valence-electron chi connectivity index (χ1n) is 4.82. The zero-order valence-electron chi connectivity index (χ0n) is 9.25. The van der Waals surface area contributed by atoms with E-state index in [2.05, 4.69) is 23.5 Å². The molecule has 0 radical (unpaired) electrons. The van der Waals surface area contributed by atoms with Gasteiger partial charge < -0.3 is 5.32 Å². The smallest absolute Gasteiger partial charge is 0.103 e. The molecule has 0 aliphatic heterocycles. The first-order valence-corrected chi connectivity index (χ1v) is 4.82. The summed E-state index contributed by atoms with van der Waals surface area (Å²) in [6.45, 7) is 11.5. The van der Waals surface area contributed by atoms with E-state index in [-0.39, 0.29) is 0 Å². The Labute approximate surface area is 91.1 Å². The van der Waals surface area contributed by atoms with Crippen LogP contribution in [0.15, 0.2) is 54.2 Å². The maximum Gasteiger partial charge on any atom is 0.103 e. The van der Waals surface area contributed by atoms with E-state index in [4.69, 9.17) is 0 Å². The summed E-state index contributed by atoms with van der Waals surface area (Å²) in [7, 11) is 0. The van der Waals surface area contributed by atoms with Crippen molar-refractivity contribution in [2.45, 2.75) is 13.8 Å². The molecule has 1 N–H and O–H groups in total. The summed E-state index contributed by atoms with van der Waals surface area (Å²) >= 11 is 0. The highest BCUT2D eigenvalue weighted by Crippen LogP contribution is 2.12. The van der Waals surface area contributed by atoms with E-state index in [9.17, 15) is 0 Å². The van der Waals surface area contributed by atoms with Gasteiger partial charge in [0.1, 0.15) is 5.84 Å². The largest absolute Gasteiger partial charge is 0.348 e. The Morgan fingerprint density at radius 3 is 2.27 bits per heavy atom. The van der Waals surface area contributed by atoms with E-state index in [1.165, 1.54) is 0 Å². The maximum atomic E-state index is 4.34. The topological polar surface area (TPSA) is 24.4 Å². The van der Waals surface area contributed by atoms with Crippen molar-refractivity contribution in [1.82, 2.24) is 5.32 Å². The molecule has 0 saturated heterocycles. The molecule has 0 aliphatic carbocycles. The molecule has 0 fully saturated rings. The van der Waals surface area contributed by atoms with Crippen molar-refractivity contribution in [1.29, 1.82) is 0 Å². The first-order chi connectivity index (χ1) is 7.09. The zero-order valence-corrected chi connectivity index (χ0v) is 9.25. The normalized spacial score (nSPS) is 10.9. The van der Waals surface area contributed by atoms with Crippen molar-refractivity contribution in [3.63, 3.8) is 0 Å². The molecule has 0 aromatic heterocycles. The summed E-state index contributed by atoms with van der Waals surface area (Å²) < 4.78 is 0. The Bertz CT molecular complexity index is 388. The Hall–Kier alpha value is -1.83. The number of rotatable bonds is 3. The zero-order chi connectivity index (χ0) is 11.3. The summed E-state index contributed by atoms with van der Waals surface area (Å²) in [5, 5.41) is 3.04. The van der Waals surface area contributed by atoms with Gasteiger partial charge in [0.2, 0.25) is 0 Å². The minimum atomic E-state index is 0.752. The van der Waals surface area contributed by atoms with Crippen LogP contribution in [0.2, 0.25) is 0 Å². The molecule has 1 aromatic carbocycles. The highest BCUT2D eigenvalue weighted by atomic mass is 15.0. The molecule has 1 aromatic rings. The van der Waals surface area contributed by atoms with Crippen LogP contribution < -0.4 is 5.32 Å². The number of hydrogen-bond acceptors (Lipinski definition) is 1. The van der Waals surface area contributed by atoms with Crippen LogP contribution in [0.4, 0.5) is 0 Å². The molecule has 78 valence electrons. The molecule has 2 heteroatoms. The molecule has 1 rings (SSSR count). The minimum Gasteiger partial charge on any atom is -0.348 e. The fourth-order valence-corrected chi connectivity index (χ4v) is 1.23. The van der Waals surface area contributed by atoms with Crippen LogP contribution in [0.3, 0.4) is 0 Å². The number of benzene rings is 1. The molecule has 0 atom stereocenters. The lowest BCUT2D eigenvalue weighted by atomic mass is 10.2. The van der Waals surface area contributed by atoms with Gasteiger partial charge in [-0.3, -0.25) is 0 Å². The van der Waals surface area contributed by atoms with Crippen molar-refractivity contribution in [2.24, 2.45) is 4.99 Å². The molecule has 0 unspecified atom stereocenters. The van der Waals surface area contributed by atoms with Crippen LogP contribution in [0.5, 0.6) is 0 Å². The number of nitrogens with one attached hydrogen (secondary N) is 1. The molecule has 2 nitrogen and oxygen atoms in total. The lowest BCUT2D eigenvalue weighted by molar-refractivity contribution is 1.11. The van der Waals surface area contributed by atoms with Gasteiger partial charge in [0.25, 0.3) is 0 Å². The molecule has 0 bridgehead atoms. The SMILES string of the molecule is C=C(C)NC(C)=NC(=C)c1ccccc1. The van der Waals surface area contributed by atoms with Crippen LogP contribution in [0, 0.1) is 0 Å². The molecular formula is C13H16N2. The number of amidine groups is 1. The lowest BCUT2D eigenvalue weighted by Crippen LogP contribution is -2.16. The van der Waals surface area contributed by atoms with Gasteiger partial charge >= 0.3 is 0 Å². The van der Waals surface area contributed by atoms with Gasteiger partial charge in [-0.25, -0.2) is 4.99 Å². The van der Waals surface area contributed by atoms with Gasteiger partial charge in [-0.05, 0) is 19.4 Å². The summed E-state index contributed by atoms with van der Waals surface area (Å²) in [5.41, 5.74) is 2.65. The number of hydrogen-bond donors (Lipinski definition) is 1. The van der Waals surface area contributed by atoms with Crippen molar-refractivity contribution in [3.8, 4) is 0 Å². The van der Waals surface area contributed by atoms with Gasteiger partial charge in [0.05, 0.1) is 5.70 Å². The highest BCUT2D eigenvalue weighted by Gasteiger charge is 1.96. The Kier molecular flexibility index (Phi) is 3.86. The predicted molar refractivity (Wildman–Crippen MR) is 66.5 cm³/mol. The second-order valence-corrected chi connectivity index (χ2v) is 3.42. The summed E-state index contributed by atoms with van der Waals surface area (Å²) in [4.78, 5) is 4.34. The molecule has 0 aliphatic rings. The van der Waals surface area contributed by atoms with Crippen LogP contribution in [0.25, 0.3) is 5.70 Å². The summed E-state index contributed by atoms with van der Waals surface area (Å²) in [6.07, 6.45) is 0. The minimum absolute atomic E-state index is 0.752. The van der Waals surface area contributed by atoms with E-state index >= 15 is 0 Å². The fourth-order valence-electron chi connectivity index (χ4n) is 1.23. The first kappa shape index (κ1) is 11.2. The van der Waals surface area contributed by atoms with Gasteiger partial charge in [0, 0.05) is 5.70 Å². The molecule has 0 heterocycles. The average Bonchev–Trinajstić information content (AvgIpc) is 2.17. The average molecular weight is 200 g/mol.